The van der Waals surface area contributed by atoms with Gasteiger partial charge in [-0.2, -0.15) is 0 Å². The van der Waals surface area contributed by atoms with Gasteiger partial charge in [0, 0.05) is 23.7 Å². The van der Waals surface area contributed by atoms with Crippen molar-refractivity contribution in [1.82, 2.24) is 9.80 Å². The molecule has 2 aromatic carbocycles. The van der Waals surface area contributed by atoms with Crippen LogP contribution in [-0.2, 0) is 9.59 Å². The molecule has 0 radical (unpaired) electrons. The third kappa shape index (κ3) is 5.09. The Morgan fingerprint density at radius 3 is 2.42 bits per heavy atom. The summed E-state index contributed by atoms with van der Waals surface area (Å²) in [4.78, 5) is 29.3. The van der Waals surface area contributed by atoms with Gasteiger partial charge in [-0.3, -0.25) is 9.59 Å². The summed E-state index contributed by atoms with van der Waals surface area (Å²) in [5.41, 5.74) is 1.17. The van der Waals surface area contributed by atoms with Gasteiger partial charge in [0.15, 0.2) is 0 Å². The summed E-state index contributed by atoms with van der Waals surface area (Å²) in [5.74, 6) is -0.874. The van der Waals surface area contributed by atoms with Crippen molar-refractivity contribution in [3.05, 3.63) is 70.3 Å². The van der Waals surface area contributed by atoms with Crippen LogP contribution in [0.3, 0.4) is 0 Å². The van der Waals surface area contributed by atoms with Crippen molar-refractivity contribution in [2.75, 3.05) is 27.2 Å². The first-order valence-electron chi connectivity index (χ1n) is 10.1. The molecule has 1 fully saturated rings. The highest BCUT2D eigenvalue weighted by Gasteiger charge is 2.45. The Balaban J connectivity index is 2.10. The van der Waals surface area contributed by atoms with Gasteiger partial charge < -0.3 is 19.6 Å². The number of likely N-dealkylation sites (tertiary alicyclic amines) is 1. The average Bonchev–Trinajstić information content (AvgIpc) is 2.96. The van der Waals surface area contributed by atoms with Crippen LogP contribution >= 0.6 is 11.6 Å². The summed E-state index contributed by atoms with van der Waals surface area (Å²) in [6.45, 7) is 4.80. The number of aliphatic hydroxyl groups excluding tert-OH is 1. The van der Waals surface area contributed by atoms with E-state index >= 15 is 0 Å². The van der Waals surface area contributed by atoms with Crippen LogP contribution in [0.5, 0.6) is 5.75 Å². The van der Waals surface area contributed by atoms with Crippen LogP contribution in [0.15, 0.2) is 54.1 Å². The number of likely N-dealkylation sites (N-methyl/N-ethyl adjacent to an activating group) is 1. The summed E-state index contributed by atoms with van der Waals surface area (Å²) >= 11 is 6.07. The fraction of sp³-hybridized carbons (Fsp3) is 0.333. The first-order chi connectivity index (χ1) is 14.7. The van der Waals surface area contributed by atoms with Crippen LogP contribution in [0, 0.1) is 0 Å². The number of rotatable bonds is 7. The Morgan fingerprint density at radius 2 is 1.84 bits per heavy atom. The van der Waals surface area contributed by atoms with E-state index in [1.165, 1.54) is 4.90 Å². The molecule has 0 aromatic heterocycles. The number of ether oxygens (including phenoxy) is 1. The maximum Gasteiger partial charge on any atom is 0.295 e. The molecule has 1 N–H and O–H groups in total. The molecule has 164 valence electrons. The van der Waals surface area contributed by atoms with Crippen molar-refractivity contribution < 1.29 is 19.4 Å². The van der Waals surface area contributed by atoms with E-state index in [-0.39, 0.29) is 17.4 Å². The summed E-state index contributed by atoms with van der Waals surface area (Å²) in [5, 5.41) is 11.4. The van der Waals surface area contributed by atoms with Gasteiger partial charge in [-0.15, -0.1) is 0 Å². The van der Waals surface area contributed by atoms with Gasteiger partial charge in [0.25, 0.3) is 11.7 Å². The Labute approximate surface area is 187 Å². The third-order valence-electron chi connectivity index (χ3n) is 4.99. The molecule has 2 aromatic rings. The Bertz CT molecular complexity index is 999. The zero-order valence-corrected chi connectivity index (χ0v) is 18.9. The molecule has 6 nitrogen and oxygen atoms in total. The second-order valence-corrected chi connectivity index (χ2v) is 8.48. The molecule has 31 heavy (non-hydrogen) atoms. The fourth-order valence-electron chi connectivity index (χ4n) is 3.56. The zero-order chi connectivity index (χ0) is 22.7. The molecule has 0 bridgehead atoms. The van der Waals surface area contributed by atoms with Crippen LogP contribution in [0.1, 0.15) is 31.0 Å². The van der Waals surface area contributed by atoms with E-state index in [0.717, 1.165) is 5.56 Å². The predicted molar refractivity (Wildman–Crippen MR) is 121 cm³/mol. The molecule has 1 saturated heterocycles. The number of aliphatic hydroxyl groups is 1. The van der Waals surface area contributed by atoms with Crippen molar-refractivity contribution in [1.29, 1.82) is 0 Å². The first-order valence-corrected chi connectivity index (χ1v) is 10.5. The first kappa shape index (κ1) is 22.8. The van der Waals surface area contributed by atoms with E-state index in [4.69, 9.17) is 16.3 Å². The quantitative estimate of drug-likeness (QED) is 0.397. The molecule has 1 atom stereocenters. The standard InChI is InChI=1S/C24H27ClN2O4/c1-15(2)31-19-10-8-16(9-11-19)21-20(22(28)17-6-5-7-18(25)14-17)23(29)24(30)27(21)13-12-26(3)4/h5-11,14-15,21,28H,12-13H2,1-4H3/b22-20-. The number of carbonyl (C=O) groups is 2. The molecule has 0 aliphatic carbocycles. The molecular weight excluding hydrogens is 416 g/mol. The van der Waals surface area contributed by atoms with Gasteiger partial charge in [0.05, 0.1) is 17.7 Å². The lowest BCUT2D eigenvalue weighted by atomic mass is 9.95. The molecule has 1 amide bonds. The van der Waals surface area contributed by atoms with Gasteiger partial charge in [0.1, 0.15) is 11.5 Å². The van der Waals surface area contributed by atoms with Crippen molar-refractivity contribution in [3.8, 4) is 5.75 Å². The number of amides is 1. The Hall–Kier alpha value is -2.83. The van der Waals surface area contributed by atoms with E-state index in [0.29, 0.717) is 29.4 Å². The zero-order valence-electron chi connectivity index (χ0n) is 18.1. The number of Topliss-reactive ketones (excluding diaryl/α,β-unsaturated/α-hetero) is 1. The molecule has 1 unspecified atom stereocenters. The minimum absolute atomic E-state index is 0.0272. The molecule has 0 spiro atoms. The maximum absolute atomic E-state index is 13.0. The van der Waals surface area contributed by atoms with Crippen molar-refractivity contribution >= 4 is 29.1 Å². The number of nitrogens with zero attached hydrogens (tertiary/aromatic N) is 2. The van der Waals surface area contributed by atoms with E-state index in [9.17, 15) is 14.7 Å². The normalized spacial score (nSPS) is 18.3. The van der Waals surface area contributed by atoms with Crippen molar-refractivity contribution in [2.45, 2.75) is 26.0 Å². The smallest absolute Gasteiger partial charge is 0.295 e. The lowest BCUT2D eigenvalue weighted by molar-refractivity contribution is -0.140. The van der Waals surface area contributed by atoms with Crippen molar-refractivity contribution in [3.63, 3.8) is 0 Å². The summed E-state index contributed by atoms with van der Waals surface area (Å²) < 4.78 is 5.71. The number of carbonyl (C=O) groups excluding carboxylic acids is 2. The lowest BCUT2D eigenvalue weighted by Crippen LogP contribution is -2.35. The van der Waals surface area contributed by atoms with Crippen LogP contribution in [0.4, 0.5) is 0 Å². The van der Waals surface area contributed by atoms with E-state index in [2.05, 4.69) is 0 Å². The van der Waals surface area contributed by atoms with Gasteiger partial charge in [-0.1, -0.05) is 35.9 Å². The molecule has 1 aliphatic rings. The van der Waals surface area contributed by atoms with Crippen molar-refractivity contribution in [2.24, 2.45) is 0 Å². The number of halogens is 1. The molecule has 0 saturated carbocycles. The van der Waals surface area contributed by atoms with E-state index in [1.807, 2.05) is 45.0 Å². The second kappa shape index (κ2) is 9.54. The summed E-state index contributed by atoms with van der Waals surface area (Å²) in [6.07, 6.45) is 0.0272. The topological polar surface area (TPSA) is 70.1 Å². The van der Waals surface area contributed by atoms with Gasteiger partial charge >= 0.3 is 0 Å². The van der Waals surface area contributed by atoms with Crippen LogP contribution in [-0.4, -0.2) is 59.9 Å². The number of benzene rings is 2. The maximum atomic E-state index is 13.0. The van der Waals surface area contributed by atoms with E-state index in [1.54, 1.807) is 36.4 Å². The second-order valence-electron chi connectivity index (χ2n) is 8.04. The lowest BCUT2D eigenvalue weighted by Gasteiger charge is -2.26. The van der Waals surface area contributed by atoms with Gasteiger partial charge in [0.2, 0.25) is 0 Å². The average molecular weight is 443 g/mol. The minimum atomic E-state index is -0.705. The molecule has 7 heteroatoms. The van der Waals surface area contributed by atoms with Crippen LogP contribution < -0.4 is 4.74 Å². The molecule has 1 aliphatic heterocycles. The predicted octanol–water partition coefficient (Wildman–Crippen LogP) is 4.11. The minimum Gasteiger partial charge on any atom is -0.507 e. The van der Waals surface area contributed by atoms with Gasteiger partial charge in [-0.05, 0) is 57.8 Å². The summed E-state index contributed by atoms with van der Waals surface area (Å²) in [7, 11) is 3.80. The highest BCUT2D eigenvalue weighted by atomic mass is 35.5. The monoisotopic (exact) mass is 442 g/mol. The highest BCUT2D eigenvalue weighted by Crippen LogP contribution is 2.40. The number of ketones is 1. The summed E-state index contributed by atoms with van der Waals surface area (Å²) in [6, 6.07) is 13.1. The number of hydrogen-bond donors (Lipinski definition) is 1. The molecular formula is C24H27ClN2O4. The Morgan fingerprint density at radius 1 is 1.16 bits per heavy atom. The highest BCUT2D eigenvalue weighted by molar-refractivity contribution is 6.46. The van der Waals surface area contributed by atoms with E-state index < -0.39 is 17.7 Å². The van der Waals surface area contributed by atoms with Gasteiger partial charge in [-0.25, -0.2) is 0 Å². The largest absolute Gasteiger partial charge is 0.507 e. The third-order valence-corrected chi connectivity index (χ3v) is 5.23. The van der Waals surface area contributed by atoms with Crippen LogP contribution in [0.2, 0.25) is 5.02 Å². The molecule has 3 rings (SSSR count). The Kier molecular flexibility index (Phi) is 7.03. The number of hydrogen-bond acceptors (Lipinski definition) is 5. The SMILES string of the molecule is CC(C)Oc1ccc(C2/C(=C(/O)c3cccc(Cl)c3)C(=O)C(=O)N2CCN(C)C)cc1. The fourth-order valence-corrected chi connectivity index (χ4v) is 3.75. The van der Waals surface area contributed by atoms with Crippen LogP contribution in [0.25, 0.3) is 5.76 Å². The molecule has 1 heterocycles.